The monoisotopic (exact) mass is 306 g/mol. The maximum absolute atomic E-state index is 12.1. The number of para-hydroxylation sites is 1. The van der Waals surface area contributed by atoms with E-state index in [1.165, 1.54) is 5.56 Å². The number of methoxy groups -OCH3 is 1. The quantitative estimate of drug-likeness (QED) is 0.591. The van der Waals surface area contributed by atoms with Crippen LogP contribution in [-0.4, -0.2) is 19.7 Å². The third kappa shape index (κ3) is 6.08. The molecule has 0 aliphatic heterocycles. The van der Waals surface area contributed by atoms with Crippen molar-refractivity contribution in [1.82, 2.24) is 0 Å². The van der Waals surface area contributed by atoms with E-state index in [0.29, 0.717) is 12.5 Å². The summed E-state index contributed by atoms with van der Waals surface area (Å²) in [5, 5.41) is 0. The predicted octanol–water partition coefficient (Wildman–Crippen LogP) is 4.63. The minimum absolute atomic E-state index is 0.0182. The first-order valence-corrected chi connectivity index (χ1v) is 8.40. The fourth-order valence-corrected chi connectivity index (χ4v) is 2.86. The second kappa shape index (κ2) is 10.3. The van der Waals surface area contributed by atoms with Crippen molar-refractivity contribution >= 4 is 5.97 Å². The van der Waals surface area contributed by atoms with Gasteiger partial charge in [-0.25, -0.2) is 0 Å². The van der Waals surface area contributed by atoms with Gasteiger partial charge in [0.25, 0.3) is 0 Å². The molecule has 0 saturated heterocycles. The average molecular weight is 306 g/mol. The highest BCUT2D eigenvalue weighted by Crippen LogP contribution is 2.26. The van der Waals surface area contributed by atoms with Gasteiger partial charge in [0.05, 0.1) is 19.6 Å². The summed E-state index contributed by atoms with van der Waals surface area (Å²) in [5.74, 6) is 1.32. The molecular weight excluding hydrogens is 276 g/mol. The number of carbonyl (C=O) groups is 1. The highest BCUT2D eigenvalue weighted by Gasteiger charge is 2.22. The van der Waals surface area contributed by atoms with Gasteiger partial charge in [-0.05, 0) is 43.7 Å². The summed E-state index contributed by atoms with van der Waals surface area (Å²) in [7, 11) is 1.70. The first-order chi connectivity index (χ1) is 10.6. The summed E-state index contributed by atoms with van der Waals surface area (Å²) in [6.07, 6.45) is 4.90. The van der Waals surface area contributed by atoms with Gasteiger partial charge >= 0.3 is 5.97 Å². The molecule has 3 heteroatoms. The molecule has 0 amide bonds. The van der Waals surface area contributed by atoms with Gasteiger partial charge in [-0.2, -0.15) is 0 Å². The van der Waals surface area contributed by atoms with E-state index in [1.807, 2.05) is 25.1 Å². The van der Waals surface area contributed by atoms with Crippen LogP contribution in [0.4, 0.5) is 0 Å². The summed E-state index contributed by atoms with van der Waals surface area (Å²) in [4.78, 5) is 12.1. The van der Waals surface area contributed by atoms with Gasteiger partial charge in [-0.3, -0.25) is 4.79 Å². The van der Waals surface area contributed by atoms with Gasteiger partial charge < -0.3 is 9.47 Å². The molecule has 0 spiro atoms. The minimum Gasteiger partial charge on any atom is -0.496 e. The van der Waals surface area contributed by atoms with Crippen LogP contribution in [0.25, 0.3) is 0 Å². The molecule has 2 unspecified atom stereocenters. The zero-order chi connectivity index (χ0) is 16.4. The summed E-state index contributed by atoms with van der Waals surface area (Å²) >= 11 is 0. The van der Waals surface area contributed by atoms with Gasteiger partial charge in [0.2, 0.25) is 0 Å². The van der Waals surface area contributed by atoms with Crippen molar-refractivity contribution in [1.29, 1.82) is 0 Å². The van der Waals surface area contributed by atoms with Crippen molar-refractivity contribution in [2.75, 3.05) is 13.7 Å². The third-order valence-electron chi connectivity index (χ3n) is 3.97. The largest absolute Gasteiger partial charge is 0.496 e. The van der Waals surface area contributed by atoms with Crippen molar-refractivity contribution in [3.05, 3.63) is 29.8 Å². The lowest BCUT2D eigenvalue weighted by molar-refractivity contribution is -0.148. The lowest BCUT2D eigenvalue weighted by atomic mass is 9.88. The van der Waals surface area contributed by atoms with Crippen LogP contribution in [0.1, 0.15) is 52.0 Å². The van der Waals surface area contributed by atoms with E-state index in [9.17, 15) is 4.79 Å². The second-order valence-corrected chi connectivity index (χ2v) is 5.95. The molecule has 0 aromatic heterocycles. The number of esters is 1. The molecule has 0 N–H and O–H groups in total. The molecule has 1 aromatic carbocycles. The molecule has 0 aliphatic rings. The highest BCUT2D eigenvalue weighted by molar-refractivity contribution is 5.72. The zero-order valence-electron chi connectivity index (χ0n) is 14.4. The van der Waals surface area contributed by atoms with Crippen LogP contribution in [-0.2, 0) is 16.0 Å². The molecule has 0 heterocycles. The van der Waals surface area contributed by atoms with Crippen LogP contribution in [0.15, 0.2) is 24.3 Å². The van der Waals surface area contributed by atoms with E-state index >= 15 is 0 Å². The Morgan fingerprint density at radius 2 is 1.95 bits per heavy atom. The van der Waals surface area contributed by atoms with Gasteiger partial charge in [-0.15, -0.1) is 0 Å². The molecule has 22 heavy (non-hydrogen) atoms. The Bertz CT molecular complexity index is 442. The Kier molecular flexibility index (Phi) is 8.64. The van der Waals surface area contributed by atoms with Gasteiger partial charge in [0, 0.05) is 0 Å². The lowest BCUT2D eigenvalue weighted by Gasteiger charge is -2.20. The average Bonchev–Trinajstić information content (AvgIpc) is 2.52. The van der Waals surface area contributed by atoms with Gasteiger partial charge in [-0.1, -0.05) is 44.9 Å². The van der Waals surface area contributed by atoms with E-state index in [-0.39, 0.29) is 11.9 Å². The van der Waals surface area contributed by atoms with Crippen molar-refractivity contribution < 1.29 is 14.3 Å². The van der Waals surface area contributed by atoms with E-state index in [4.69, 9.17) is 9.47 Å². The maximum Gasteiger partial charge on any atom is 0.308 e. The molecule has 1 aromatic rings. The fourth-order valence-electron chi connectivity index (χ4n) is 2.86. The van der Waals surface area contributed by atoms with E-state index < -0.39 is 0 Å². The molecule has 124 valence electrons. The second-order valence-electron chi connectivity index (χ2n) is 5.95. The van der Waals surface area contributed by atoms with E-state index in [0.717, 1.165) is 37.9 Å². The maximum atomic E-state index is 12.1. The molecule has 0 bridgehead atoms. The normalized spacial score (nSPS) is 13.5. The minimum atomic E-state index is -0.0390. The van der Waals surface area contributed by atoms with Crippen LogP contribution >= 0.6 is 0 Å². The summed E-state index contributed by atoms with van der Waals surface area (Å²) in [6, 6.07) is 8.10. The molecule has 0 aliphatic carbocycles. The molecule has 0 fully saturated rings. The number of hydrogen-bond acceptors (Lipinski definition) is 3. The van der Waals surface area contributed by atoms with E-state index in [1.54, 1.807) is 7.11 Å². The van der Waals surface area contributed by atoms with Crippen LogP contribution in [0.3, 0.4) is 0 Å². The van der Waals surface area contributed by atoms with Crippen molar-refractivity contribution in [3.63, 3.8) is 0 Å². The van der Waals surface area contributed by atoms with E-state index in [2.05, 4.69) is 19.9 Å². The predicted molar refractivity (Wildman–Crippen MR) is 90.1 cm³/mol. The Labute approximate surface area is 135 Å². The lowest BCUT2D eigenvalue weighted by Crippen LogP contribution is -2.21. The number of rotatable bonds is 10. The molecule has 1 rings (SSSR count). The van der Waals surface area contributed by atoms with Gasteiger partial charge in [0.1, 0.15) is 5.75 Å². The zero-order valence-corrected chi connectivity index (χ0v) is 14.4. The Hall–Kier alpha value is -1.51. The van der Waals surface area contributed by atoms with Crippen LogP contribution < -0.4 is 4.74 Å². The smallest absolute Gasteiger partial charge is 0.308 e. The molecule has 2 atom stereocenters. The third-order valence-corrected chi connectivity index (χ3v) is 3.97. The standard InChI is InChI=1S/C19H30O3/c1-5-7-10-17(19(20)22-6-2)14-15(3)13-16-11-8-9-12-18(16)21-4/h8-9,11-12,15,17H,5-7,10,13-14H2,1-4H3. The first-order valence-electron chi connectivity index (χ1n) is 8.40. The summed E-state index contributed by atoms with van der Waals surface area (Å²) < 4.78 is 10.6. The number of carbonyl (C=O) groups excluding carboxylic acids is 1. The number of ether oxygens (including phenoxy) is 2. The molecule has 0 radical (unpaired) electrons. The topological polar surface area (TPSA) is 35.5 Å². The Morgan fingerprint density at radius 1 is 1.23 bits per heavy atom. The summed E-state index contributed by atoms with van der Waals surface area (Å²) in [5.41, 5.74) is 1.20. The number of unbranched alkanes of at least 4 members (excludes halogenated alkanes) is 1. The van der Waals surface area contributed by atoms with Gasteiger partial charge in [0.15, 0.2) is 0 Å². The van der Waals surface area contributed by atoms with Crippen molar-refractivity contribution in [2.45, 2.75) is 52.9 Å². The van der Waals surface area contributed by atoms with Crippen molar-refractivity contribution in [3.8, 4) is 5.75 Å². The van der Waals surface area contributed by atoms with Crippen LogP contribution in [0, 0.1) is 11.8 Å². The number of benzene rings is 1. The first kappa shape index (κ1) is 18.5. The highest BCUT2D eigenvalue weighted by atomic mass is 16.5. The molecule has 3 nitrogen and oxygen atoms in total. The SMILES string of the molecule is CCCCC(CC(C)Cc1ccccc1OC)C(=O)OCC. The van der Waals surface area contributed by atoms with Crippen molar-refractivity contribution in [2.24, 2.45) is 11.8 Å². The Morgan fingerprint density at radius 3 is 2.59 bits per heavy atom. The fraction of sp³-hybridized carbons (Fsp3) is 0.632. The van der Waals surface area contributed by atoms with Crippen LogP contribution in [0.2, 0.25) is 0 Å². The molecular formula is C19H30O3. The summed E-state index contributed by atoms with van der Waals surface area (Å²) in [6.45, 7) is 6.68. The molecule has 0 saturated carbocycles. The Balaban J connectivity index is 2.65. The van der Waals surface area contributed by atoms with Crippen LogP contribution in [0.5, 0.6) is 5.75 Å². The number of hydrogen-bond donors (Lipinski definition) is 0.